The van der Waals surface area contributed by atoms with Crippen molar-refractivity contribution in [1.29, 1.82) is 0 Å². The lowest BCUT2D eigenvalue weighted by Gasteiger charge is -2.34. The summed E-state index contributed by atoms with van der Waals surface area (Å²) in [6.07, 6.45) is 1.55. The van der Waals surface area contributed by atoms with Gasteiger partial charge in [0.25, 0.3) is 5.56 Å². The van der Waals surface area contributed by atoms with E-state index in [-0.39, 0.29) is 22.0 Å². The molecule has 0 saturated heterocycles. The summed E-state index contributed by atoms with van der Waals surface area (Å²) in [5, 5.41) is 14.4. The SMILES string of the molecule is C[C@@H](c1ccccc1)n1c(=O)c(C2=NS(O)(O)c3ccccc3N2)c(O)c2cccnc21. The molecule has 9 heteroatoms. The summed E-state index contributed by atoms with van der Waals surface area (Å²) in [6.45, 7) is 1.87. The van der Waals surface area contributed by atoms with Crippen molar-refractivity contribution in [1.82, 2.24) is 9.55 Å². The number of hydrogen-bond donors (Lipinski definition) is 4. The molecule has 32 heavy (non-hydrogen) atoms. The Bertz CT molecular complexity index is 1430. The average Bonchev–Trinajstić information content (AvgIpc) is 2.79. The normalized spacial score (nSPS) is 16.5. The predicted molar refractivity (Wildman–Crippen MR) is 126 cm³/mol. The highest BCUT2D eigenvalue weighted by Gasteiger charge is 2.31. The lowest BCUT2D eigenvalue weighted by molar-refractivity contribution is 0.475. The predicted octanol–water partition coefficient (Wildman–Crippen LogP) is 4.61. The third-order valence-electron chi connectivity index (χ3n) is 5.50. The van der Waals surface area contributed by atoms with Crippen LogP contribution in [0.25, 0.3) is 11.0 Å². The highest BCUT2D eigenvalue weighted by atomic mass is 32.3. The smallest absolute Gasteiger partial charge is 0.267 e. The van der Waals surface area contributed by atoms with Gasteiger partial charge in [0.2, 0.25) is 0 Å². The first-order chi connectivity index (χ1) is 15.4. The summed E-state index contributed by atoms with van der Waals surface area (Å²) < 4.78 is 26.8. The van der Waals surface area contributed by atoms with Gasteiger partial charge in [0, 0.05) is 6.20 Å². The molecule has 0 unspecified atom stereocenters. The summed E-state index contributed by atoms with van der Waals surface area (Å²) >= 11 is 0. The van der Waals surface area contributed by atoms with Crippen LogP contribution in [0.3, 0.4) is 0 Å². The molecule has 4 aromatic rings. The lowest BCUT2D eigenvalue weighted by atomic mass is 10.1. The number of anilines is 1. The first-order valence-electron chi connectivity index (χ1n) is 9.90. The fourth-order valence-electron chi connectivity index (χ4n) is 3.92. The van der Waals surface area contributed by atoms with Gasteiger partial charge in [0.05, 0.1) is 17.1 Å². The van der Waals surface area contributed by atoms with Gasteiger partial charge in [0.1, 0.15) is 21.9 Å². The summed E-state index contributed by atoms with van der Waals surface area (Å²) in [5.41, 5.74) is 0.906. The van der Waals surface area contributed by atoms with Crippen molar-refractivity contribution in [2.45, 2.75) is 17.9 Å². The highest BCUT2D eigenvalue weighted by Crippen LogP contribution is 2.55. The molecule has 0 amide bonds. The van der Waals surface area contributed by atoms with E-state index in [0.717, 1.165) is 5.56 Å². The van der Waals surface area contributed by atoms with E-state index in [1.807, 2.05) is 37.3 Å². The second-order valence-corrected chi connectivity index (χ2v) is 9.10. The van der Waals surface area contributed by atoms with Crippen molar-refractivity contribution >= 4 is 33.3 Å². The maximum atomic E-state index is 13.7. The standard InChI is InChI=1S/C23H20N4O4S/c1-14(15-8-3-2-4-9-15)27-22-16(10-7-13-24-22)20(28)19(23(27)29)21-25-17-11-5-6-12-18(17)32(30,31)26-21/h2-14,28,30-31H,1H3,(H,25,26)/t14-/m0/s1. The molecule has 5 rings (SSSR count). The number of aromatic hydroxyl groups is 1. The molecule has 1 aliphatic rings. The molecule has 0 spiro atoms. The van der Waals surface area contributed by atoms with Crippen molar-refractivity contribution in [3.63, 3.8) is 0 Å². The van der Waals surface area contributed by atoms with Crippen LogP contribution in [-0.2, 0) is 0 Å². The molecule has 2 aromatic carbocycles. The quantitative estimate of drug-likeness (QED) is 0.363. The van der Waals surface area contributed by atoms with Gasteiger partial charge in [-0.2, -0.15) is 0 Å². The maximum Gasteiger partial charge on any atom is 0.267 e. The molecule has 1 atom stereocenters. The van der Waals surface area contributed by atoms with Gasteiger partial charge in [-0.25, -0.2) is 4.98 Å². The van der Waals surface area contributed by atoms with Crippen LogP contribution in [0.4, 0.5) is 5.69 Å². The van der Waals surface area contributed by atoms with Gasteiger partial charge < -0.3 is 10.4 Å². The zero-order chi connectivity index (χ0) is 22.5. The number of nitrogens with zero attached hydrogens (tertiary/aromatic N) is 3. The van der Waals surface area contributed by atoms with E-state index >= 15 is 0 Å². The number of nitrogens with one attached hydrogen (secondary N) is 1. The lowest BCUT2D eigenvalue weighted by Crippen LogP contribution is -2.34. The Balaban J connectivity index is 1.79. The molecule has 4 N–H and O–H groups in total. The molecule has 3 heterocycles. The Hall–Kier alpha value is -3.66. The molecule has 162 valence electrons. The molecule has 0 radical (unpaired) electrons. The van der Waals surface area contributed by atoms with Crippen molar-refractivity contribution in [2.24, 2.45) is 4.40 Å². The number of aromatic nitrogens is 2. The largest absolute Gasteiger partial charge is 0.506 e. The Morgan fingerprint density at radius 1 is 1.00 bits per heavy atom. The van der Waals surface area contributed by atoms with E-state index in [1.54, 1.807) is 42.6 Å². The Kier molecular flexibility index (Phi) is 4.74. The molecule has 0 saturated carbocycles. The van der Waals surface area contributed by atoms with Crippen molar-refractivity contribution in [3.05, 3.63) is 94.4 Å². The number of hydrogen-bond acceptors (Lipinski definition) is 7. The van der Waals surface area contributed by atoms with Gasteiger partial charge in [-0.15, -0.1) is 4.40 Å². The number of para-hydroxylation sites is 1. The molecule has 0 aliphatic carbocycles. The zero-order valence-corrected chi connectivity index (χ0v) is 17.8. The van der Waals surface area contributed by atoms with Crippen LogP contribution in [-0.4, -0.2) is 29.6 Å². The van der Waals surface area contributed by atoms with Crippen LogP contribution >= 0.6 is 10.8 Å². The fourth-order valence-corrected chi connectivity index (χ4v) is 5.09. The second-order valence-electron chi connectivity index (χ2n) is 7.44. The number of rotatable bonds is 3. The topological polar surface area (TPSA) is 120 Å². The monoisotopic (exact) mass is 448 g/mol. The van der Waals surface area contributed by atoms with Crippen molar-refractivity contribution in [3.8, 4) is 5.75 Å². The third-order valence-corrected chi connectivity index (χ3v) is 6.88. The van der Waals surface area contributed by atoms with Gasteiger partial charge >= 0.3 is 0 Å². The van der Waals surface area contributed by atoms with E-state index in [4.69, 9.17) is 0 Å². The molecule has 0 fully saturated rings. The Labute approximate surface area is 185 Å². The first-order valence-corrected chi connectivity index (χ1v) is 11.4. The molecular formula is C23H20N4O4S. The van der Waals surface area contributed by atoms with Crippen molar-refractivity contribution in [2.75, 3.05) is 5.32 Å². The van der Waals surface area contributed by atoms with Crippen LogP contribution in [0.15, 0.2) is 87.0 Å². The maximum absolute atomic E-state index is 13.7. The van der Waals surface area contributed by atoms with E-state index < -0.39 is 22.4 Å². The van der Waals surface area contributed by atoms with Gasteiger partial charge in [-0.1, -0.05) is 53.2 Å². The number of pyridine rings is 2. The van der Waals surface area contributed by atoms with Crippen molar-refractivity contribution < 1.29 is 14.2 Å². The molecule has 2 aromatic heterocycles. The molecular weight excluding hydrogens is 428 g/mol. The molecule has 1 aliphatic heterocycles. The molecule has 0 bridgehead atoms. The minimum atomic E-state index is -3.56. The number of amidine groups is 1. The van der Waals surface area contributed by atoms with Gasteiger partial charge in [-0.05, 0) is 36.8 Å². The summed E-state index contributed by atoms with van der Waals surface area (Å²) in [7, 11) is -3.56. The number of fused-ring (bicyclic) bond motifs is 2. The fraction of sp³-hybridized carbons (Fsp3) is 0.0870. The zero-order valence-electron chi connectivity index (χ0n) is 17.0. The van der Waals surface area contributed by atoms with E-state index in [9.17, 15) is 19.0 Å². The summed E-state index contributed by atoms with van der Waals surface area (Å²) in [5.74, 6) is -0.429. The van der Waals surface area contributed by atoms with E-state index in [0.29, 0.717) is 16.7 Å². The minimum Gasteiger partial charge on any atom is -0.506 e. The number of benzene rings is 2. The Morgan fingerprint density at radius 2 is 1.72 bits per heavy atom. The van der Waals surface area contributed by atoms with Gasteiger partial charge in [0.15, 0.2) is 5.84 Å². The van der Waals surface area contributed by atoms with Crippen LogP contribution in [0.5, 0.6) is 5.75 Å². The van der Waals surface area contributed by atoms with Gasteiger partial charge in [-0.3, -0.25) is 18.5 Å². The minimum absolute atomic E-state index is 0.106. The van der Waals surface area contributed by atoms with Crippen LogP contribution in [0.2, 0.25) is 0 Å². The Morgan fingerprint density at radius 3 is 2.50 bits per heavy atom. The first kappa shape index (κ1) is 20.3. The molecule has 8 nitrogen and oxygen atoms in total. The van der Waals surface area contributed by atoms with E-state index in [1.165, 1.54) is 4.57 Å². The summed E-state index contributed by atoms with van der Waals surface area (Å²) in [6, 6.07) is 19.0. The van der Waals surface area contributed by atoms with Crippen LogP contribution < -0.4 is 10.9 Å². The van der Waals surface area contributed by atoms with Crippen LogP contribution in [0, 0.1) is 0 Å². The van der Waals surface area contributed by atoms with E-state index in [2.05, 4.69) is 14.7 Å². The summed E-state index contributed by atoms with van der Waals surface area (Å²) in [4.78, 5) is 18.3. The third kappa shape index (κ3) is 3.14. The van der Waals surface area contributed by atoms with Crippen LogP contribution in [0.1, 0.15) is 24.1 Å². The highest BCUT2D eigenvalue weighted by molar-refractivity contribution is 8.23. The second kappa shape index (κ2) is 7.49. The average molecular weight is 449 g/mol.